The Morgan fingerprint density at radius 3 is 2.47 bits per heavy atom. The molecule has 0 atom stereocenters. The van der Waals surface area contributed by atoms with Gasteiger partial charge in [0.15, 0.2) is 5.78 Å². The van der Waals surface area contributed by atoms with Gasteiger partial charge in [-0.25, -0.2) is 0 Å². The molecule has 1 saturated carbocycles. The SMILES string of the molecule is Cc1ccc(C)c(C(=O)C2CCC(N)CC2)c1. The molecule has 0 saturated heterocycles. The fourth-order valence-corrected chi connectivity index (χ4v) is 2.60. The van der Waals surface area contributed by atoms with E-state index in [9.17, 15) is 4.79 Å². The molecular formula is C15H21NO. The van der Waals surface area contributed by atoms with Gasteiger partial charge in [-0.05, 0) is 51.2 Å². The van der Waals surface area contributed by atoms with E-state index in [2.05, 4.69) is 6.07 Å². The lowest BCUT2D eigenvalue weighted by molar-refractivity contribution is 0.0884. The second-order valence-corrected chi connectivity index (χ2v) is 5.29. The Labute approximate surface area is 103 Å². The largest absolute Gasteiger partial charge is 0.328 e. The Morgan fingerprint density at radius 2 is 1.82 bits per heavy atom. The van der Waals surface area contributed by atoms with E-state index in [0.29, 0.717) is 11.8 Å². The first-order chi connectivity index (χ1) is 8.08. The number of ketones is 1. The lowest BCUT2D eigenvalue weighted by Gasteiger charge is -2.25. The van der Waals surface area contributed by atoms with Crippen LogP contribution >= 0.6 is 0 Å². The van der Waals surface area contributed by atoms with E-state index < -0.39 is 0 Å². The standard InChI is InChI=1S/C15H21NO/c1-10-3-4-11(2)14(9-10)15(17)12-5-7-13(16)8-6-12/h3-4,9,12-13H,5-8,16H2,1-2H3. The highest BCUT2D eigenvalue weighted by atomic mass is 16.1. The first-order valence-electron chi connectivity index (χ1n) is 6.45. The van der Waals surface area contributed by atoms with E-state index in [0.717, 1.165) is 42.4 Å². The minimum Gasteiger partial charge on any atom is -0.328 e. The summed E-state index contributed by atoms with van der Waals surface area (Å²) >= 11 is 0. The smallest absolute Gasteiger partial charge is 0.166 e. The fraction of sp³-hybridized carbons (Fsp3) is 0.533. The van der Waals surface area contributed by atoms with Crippen LogP contribution in [0.4, 0.5) is 0 Å². The van der Waals surface area contributed by atoms with Gasteiger partial charge in [-0.1, -0.05) is 17.7 Å². The number of hydrogen-bond donors (Lipinski definition) is 1. The summed E-state index contributed by atoms with van der Waals surface area (Å²) in [4.78, 5) is 12.4. The molecule has 1 aliphatic rings. The molecule has 2 rings (SSSR count). The zero-order valence-corrected chi connectivity index (χ0v) is 10.7. The van der Waals surface area contributed by atoms with E-state index in [-0.39, 0.29) is 5.92 Å². The third-order valence-electron chi connectivity index (χ3n) is 3.80. The summed E-state index contributed by atoms with van der Waals surface area (Å²) in [5.41, 5.74) is 9.04. The van der Waals surface area contributed by atoms with Crippen molar-refractivity contribution in [1.82, 2.24) is 0 Å². The van der Waals surface area contributed by atoms with Gasteiger partial charge < -0.3 is 5.73 Å². The molecule has 0 amide bonds. The first kappa shape index (κ1) is 12.3. The molecule has 1 aromatic rings. The Bertz CT molecular complexity index is 417. The topological polar surface area (TPSA) is 43.1 Å². The first-order valence-corrected chi connectivity index (χ1v) is 6.45. The molecule has 0 heterocycles. The van der Waals surface area contributed by atoms with Crippen LogP contribution in [0.3, 0.4) is 0 Å². The Hall–Kier alpha value is -1.15. The van der Waals surface area contributed by atoms with E-state index in [1.165, 1.54) is 0 Å². The molecule has 0 bridgehead atoms. The van der Waals surface area contributed by atoms with Crippen molar-refractivity contribution in [2.75, 3.05) is 0 Å². The molecule has 0 aliphatic heterocycles. The number of carbonyl (C=O) groups excluding carboxylic acids is 1. The molecule has 92 valence electrons. The van der Waals surface area contributed by atoms with Gasteiger partial charge in [0, 0.05) is 17.5 Å². The van der Waals surface area contributed by atoms with Crippen molar-refractivity contribution in [3.8, 4) is 0 Å². The Kier molecular flexibility index (Phi) is 3.63. The maximum Gasteiger partial charge on any atom is 0.166 e. The van der Waals surface area contributed by atoms with Crippen molar-refractivity contribution in [3.63, 3.8) is 0 Å². The molecular weight excluding hydrogens is 210 g/mol. The van der Waals surface area contributed by atoms with Crippen LogP contribution in [0, 0.1) is 19.8 Å². The number of rotatable bonds is 2. The van der Waals surface area contributed by atoms with Gasteiger partial charge in [0.25, 0.3) is 0 Å². The molecule has 17 heavy (non-hydrogen) atoms. The molecule has 1 aromatic carbocycles. The number of Topliss-reactive ketones (excluding diaryl/α,β-unsaturated/α-hetero) is 1. The van der Waals surface area contributed by atoms with Gasteiger partial charge >= 0.3 is 0 Å². The third kappa shape index (κ3) is 2.75. The lowest BCUT2D eigenvalue weighted by atomic mass is 9.81. The van der Waals surface area contributed by atoms with Gasteiger partial charge in [0.05, 0.1) is 0 Å². The molecule has 1 aliphatic carbocycles. The summed E-state index contributed by atoms with van der Waals surface area (Å²) in [6.07, 6.45) is 3.88. The minimum atomic E-state index is 0.190. The monoisotopic (exact) mass is 231 g/mol. The Morgan fingerprint density at radius 1 is 1.18 bits per heavy atom. The van der Waals surface area contributed by atoms with Crippen LogP contribution in [-0.4, -0.2) is 11.8 Å². The molecule has 0 spiro atoms. The van der Waals surface area contributed by atoms with Gasteiger partial charge in [-0.3, -0.25) is 4.79 Å². The lowest BCUT2D eigenvalue weighted by Crippen LogP contribution is -2.30. The predicted molar refractivity (Wildman–Crippen MR) is 70.2 cm³/mol. The van der Waals surface area contributed by atoms with E-state index in [4.69, 9.17) is 5.73 Å². The van der Waals surface area contributed by atoms with Crippen LogP contribution in [0.5, 0.6) is 0 Å². The normalized spacial score (nSPS) is 24.6. The van der Waals surface area contributed by atoms with Crippen LogP contribution in [0.1, 0.15) is 47.2 Å². The van der Waals surface area contributed by atoms with Crippen molar-refractivity contribution in [2.45, 2.75) is 45.6 Å². The van der Waals surface area contributed by atoms with Crippen LogP contribution in [-0.2, 0) is 0 Å². The molecule has 0 radical (unpaired) electrons. The summed E-state index contributed by atoms with van der Waals surface area (Å²) in [7, 11) is 0. The molecule has 2 nitrogen and oxygen atoms in total. The summed E-state index contributed by atoms with van der Waals surface area (Å²) in [6.45, 7) is 4.05. The summed E-state index contributed by atoms with van der Waals surface area (Å²) in [5.74, 6) is 0.508. The van der Waals surface area contributed by atoms with Gasteiger partial charge in [-0.2, -0.15) is 0 Å². The molecule has 0 aromatic heterocycles. The summed E-state index contributed by atoms with van der Waals surface area (Å²) < 4.78 is 0. The summed E-state index contributed by atoms with van der Waals surface area (Å²) in [5, 5.41) is 0. The zero-order chi connectivity index (χ0) is 12.4. The number of hydrogen-bond acceptors (Lipinski definition) is 2. The van der Waals surface area contributed by atoms with Crippen molar-refractivity contribution in [3.05, 3.63) is 34.9 Å². The second kappa shape index (κ2) is 5.01. The Balaban J connectivity index is 2.16. The molecule has 0 unspecified atom stereocenters. The van der Waals surface area contributed by atoms with Crippen LogP contribution in [0.15, 0.2) is 18.2 Å². The molecule has 1 fully saturated rings. The van der Waals surface area contributed by atoms with Gasteiger partial charge in [-0.15, -0.1) is 0 Å². The number of aryl methyl sites for hydroxylation is 2. The van der Waals surface area contributed by atoms with Gasteiger partial charge in [0.1, 0.15) is 0 Å². The van der Waals surface area contributed by atoms with Crippen molar-refractivity contribution in [1.29, 1.82) is 0 Å². The number of benzene rings is 1. The van der Waals surface area contributed by atoms with E-state index >= 15 is 0 Å². The quantitative estimate of drug-likeness (QED) is 0.795. The number of nitrogens with two attached hydrogens (primary N) is 1. The molecule has 2 heteroatoms. The predicted octanol–water partition coefficient (Wildman–Crippen LogP) is 3.00. The van der Waals surface area contributed by atoms with E-state index in [1.807, 2.05) is 26.0 Å². The van der Waals surface area contributed by atoms with Crippen LogP contribution in [0.25, 0.3) is 0 Å². The number of carbonyl (C=O) groups is 1. The highest BCUT2D eigenvalue weighted by Crippen LogP contribution is 2.27. The van der Waals surface area contributed by atoms with Crippen molar-refractivity contribution in [2.24, 2.45) is 11.7 Å². The second-order valence-electron chi connectivity index (χ2n) is 5.29. The van der Waals surface area contributed by atoms with Crippen LogP contribution in [0.2, 0.25) is 0 Å². The zero-order valence-electron chi connectivity index (χ0n) is 10.7. The van der Waals surface area contributed by atoms with Crippen molar-refractivity contribution >= 4 is 5.78 Å². The minimum absolute atomic E-state index is 0.190. The van der Waals surface area contributed by atoms with Crippen LogP contribution < -0.4 is 5.73 Å². The average Bonchev–Trinajstić information content (AvgIpc) is 2.32. The van der Waals surface area contributed by atoms with Crippen molar-refractivity contribution < 1.29 is 4.79 Å². The maximum atomic E-state index is 12.4. The van der Waals surface area contributed by atoms with Gasteiger partial charge in [0.2, 0.25) is 0 Å². The van der Waals surface area contributed by atoms with E-state index in [1.54, 1.807) is 0 Å². The summed E-state index contributed by atoms with van der Waals surface area (Å²) in [6, 6.07) is 6.42. The molecule has 2 N–H and O–H groups in total. The third-order valence-corrected chi connectivity index (χ3v) is 3.80. The average molecular weight is 231 g/mol. The maximum absolute atomic E-state index is 12.4. The fourth-order valence-electron chi connectivity index (χ4n) is 2.60. The highest BCUT2D eigenvalue weighted by molar-refractivity contribution is 5.99. The highest BCUT2D eigenvalue weighted by Gasteiger charge is 2.26.